The molecule has 6 nitrogen and oxygen atoms in total. The van der Waals surface area contributed by atoms with Crippen molar-refractivity contribution in [3.8, 4) is 11.5 Å². The SMILES string of the molecule is Cc1ccc(N2C(=O)/C(=C\c3ccccc3Oc3ccc(C(F)(F)F)cc3[N+](=O)[O-])SC2=S)cc1C. The Morgan fingerprint density at radius 2 is 1.75 bits per heavy atom. The van der Waals surface area contributed by atoms with E-state index in [2.05, 4.69) is 0 Å². The van der Waals surface area contributed by atoms with E-state index in [0.717, 1.165) is 29.0 Å². The number of thiocarbonyl (C=S) groups is 1. The summed E-state index contributed by atoms with van der Waals surface area (Å²) in [6, 6.07) is 14.0. The molecule has 3 aromatic carbocycles. The van der Waals surface area contributed by atoms with Gasteiger partial charge in [0.15, 0.2) is 4.32 Å². The molecule has 0 atom stereocenters. The number of hydrogen-bond donors (Lipinski definition) is 0. The van der Waals surface area contributed by atoms with Gasteiger partial charge in [-0.3, -0.25) is 19.8 Å². The van der Waals surface area contributed by atoms with Crippen molar-refractivity contribution in [2.24, 2.45) is 0 Å². The summed E-state index contributed by atoms with van der Waals surface area (Å²) in [6.45, 7) is 3.89. The van der Waals surface area contributed by atoms with Crippen LogP contribution in [-0.4, -0.2) is 15.2 Å². The van der Waals surface area contributed by atoms with Gasteiger partial charge < -0.3 is 4.74 Å². The first kappa shape index (κ1) is 25.4. The molecule has 0 N–H and O–H groups in total. The molecule has 1 aliphatic heterocycles. The number of benzene rings is 3. The molecule has 0 aromatic heterocycles. The number of rotatable bonds is 5. The Labute approximate surface area is 213 Å². The van der Waals surface area contributed by atoms with Crippen LogP contribution in [0.3, 0.4) is 0 Å². The molecule has 1 amide bonds. The van der Waals surface area contributed by atoms with Crippen LogP contribution in [0.4, 0.5) is 24.5 Å². The number of anilines is 1. The van der Waals surface area contributed by atoms with E-state index in [1.807, 2.05) is 26.0 Å². The van der Waals surface area contributed by atoms with Gasteiger partial charge in [0.1, 0.15) is 5.75 Å². The van der Waals surface area contributed by atoms with Gasteiger partial charge in [-0.1, -0.05) is 48.2 Å². The molecule has 0 unspecified atom stereocenters. The molecule has 36 heavy (non-hydrogen) atoms. The Hall–Kier alpha value is -3.70. The van der Waals surface area contributed by atoms with Crippen LogP contribution in [-0.2, 0) is 11.0 Å². The van der Waals surface area contributed by atoms with Crippen LogP contribution >= 0.6 is 24.0 Å². The lowest BCUT2D eigenvalue weighted by Gasteiger charge is -2.16. The van der Waals surface area contributed by atoms with Crippen molar-refractivity contribution >= 4 is 51.7 Å². The average molecular weight is 531 g/mol. The second-order valence-corrected chi connectivity index (χ2v) is 9.54. The third kappa shape index (κ3) is 5.12. The number of carbonyl (C=O) groups excluding carboxylic acids is 1. The van der Waals surface area contributed by atoms with E-state index in [9.17, 15) is 28.1 Å². The number of nitro benzene ring substituents is 1. The number of amides is 1. The first-order valence-corrected chi connectivity index (χ1v) is 11.7. The Bertz CT molecular complexity index is 1440. The van der Waals surface area contributed by atoms with Gasteiger partial charge in [0.2, 0.25) is 5.75 Å². The molecule has 4 rings (SSSR count). The molecule has 1 saturated heterocycles. The number of halogens is 3. The van der Waals surface area contributed by atoms with Crippen LogP contribution in [0.1, 0.15) is 22.3 Å². The number of nitro groups is 1. The van der Waals surface area contributed by atoms with Crippen molar-refractivity contribution in [2.75, 3.05) is 4.90 Å². The lowest BCUT2D eigenvalue weighted by atomic mass is 10.1. The third-order valence-electron chi connectivity index (χ3n) is 5.45. The molecule has 184 valence electrons. The van der Waals surface area contributed by atoms with Crippen molar-refractivity contribution in [2.45, 2.75) is 20.0 Å². The van der Waals surface area contributed by atoms with Crippen molar-refractivity contribution in [3.63, 3.8) is 0 Å². The summed E-state index contributed by atoms with van der Waals surface area (Å²) in [4.78, 5) is 25.4. The molecule has 1 heterocycles. The van der Waals surface area contributed by atoms with E-state index in [-0.39, 0.29) is 17.4 Å². The van der Waals surface area contributed by atoms with E-state index in [1.54, 1.807) is 24.3 Å². The fourth-order valence-corrected chi connectivity index (χ4v) is 4.72. The number of nitrogens with zero attached hydrogens (tertiary/aromatic N) is 2. The maximum atomic E-state index is 13.2. The molecule has 0 bridgehead atoms. The van der Waals surface area contributed by atoms with Crippen LogP contribution in [0.2, 0.25) is 0 Å². The smallest absolute Gasteiger partial charge is 0.416 e. The van der Waals surface area contributed by atoms with Crippen LogP contribution in [0.5, 0.6) is 11.5 Å². The van der Waals surface area contributed by atoms with E-state index in [1.165, 1.54) is 17.0 Å². The average Bonchev–Trinajstić information content (AvgIpc) is 3.09. The maximum absolute atomic E-state index is 13.2. The minimum absolute atomic E-state index is 0.122. The van der Waals surface area contributed by atoms with Gasteiger partial charge in [-0.15, -0.1) is 0 Å². The quantitative estimate of drug-likeness (QED) is 0.148. The number of carbonyl (C=O) groups is 1. The standard InChI is InChI=1S/C25H17F3N2O4S2/c1-14-7-9-18(11-15(14)2)29-23(31)22(36-24(29)35)12-16-5-3-4-6-20(16)34-21-10-8-17(25(26,27)28)13-19(21)30(32)33/h3-13H,1-2H3/b22-12+. The fraction of sp³-hybridized carbons (Fsp3) is 0.120. The summed E-state index contributed by atoms with van der Waals surface area (Å²) in [5, 5.41) is 11.4. The van der Waals surface area contributed by atoms with Gasteiger partial charge in [-0.25, -0.2) is 0 Å². The van der Waals surface area contributed by atoms with Gasteiger partial charge in [0.25, 0.3) is 5.91 Å². The molecule has 0 saturated carbocycles. The predicted octanol–water partition coefficient (Wildman–Crippen LogP) is 7.43. The molecule has 3 aromatic rings. The summed E-state index contributed by atoms with van der Waals surface area (Å²) in [6.07, 6.45) is -3.21. The molecule has 11 heteroatoms. The molecule has 0 aliphatic carbocycles. The molecular formula is C25H17F3N2O4S2. The monoisotopic (exact) mass is 530 g/mol. The van der Waals surface area contributed by atoms with Gasteiger partial charge in [0, 0.05) is 11.6 Å². The highest BCUT2D eigenvalue weighted by molar-refractivity contribution is 8.27. The second-order valence-electron chi connectivity index (χ2n) is 7.86. The Morgan fingerprint density at radius 1 is 1.03 bits per heavy atom. The van der Waals surface area contributed by atoms with Crippen molar-refractivity contribution < 1.29 is 27.6 Å². The number of alkyl halides is 3. The lowest BCUT2D eigenvalue weighted by Crippen LogP contribution is -2.27. The molecule has 1 fully saturated rings. The van der Waals surface area contributed by atoms with E-state index >= 15 is 0 Å². The van der Waals surface area contributed by atoms with Crippen molar-refractivity contribution in [1.29, 1.82) is 0 Å². The first-order chi connectivity index (χ1) is 17.0. The number of aryl methyl sites for hydroxylation is 2. The zero-order valence-corrected chi connectivity index (χ0v) is 20.5. The summed E-state index contributed by atoms with van der Waals surface area (Å²) in [5.74, 6) is -0.586. The van der Waals surface area contributed by atoms with Crippen LogP contribution in [0.15, 0.2) is 65.6 Å². The zero-order valence-electron chi connectivity index (χ0n) is 18.8. The van der Waals surface area contributed by atoms with Crippen LogP contribution < -0.4 is 9.64 Å². The summed E-state index contributed by atoms with van der Waals surface area (Å²) < 4.78 is 45.1. The largest absolute Gasteiger partial charge is 0.449 e. The first-order valence-electron chi connectivity index (χ1n) is 10.4. The topological polar surface area (TPSA) is 72.7 Å². The highest BCUT2D eigenvalue weighted by Crippen LogP contribution is 2.41. The van der Waals surface area contributed by atoms with Crippen LogP contribution in [0.25, 0.3) is 6.08 Å². The second kappa shape index (κ2) is 9.75. The number of hydrogen-bond acceptors (Lipinski definition) is 6. The number of para-hydroxylation sites is 1. The highest BCUT2D eigenvalue weighted by atomic mass is 32.2. The van der Waals surface area contributed by atoms with Gasteiger partial charge in [-0.2, -0.15) is 13.2 Å². The van der Waals surface area contributed by atoms with Gasteiger partial charge in [0.05, 0.1) is 21.1 Å². The van der Waals surface area contributed by atoms with Gasteiger partial charge >= 0.3 is 11.9 Å². The minimum Gasteiger partial charge on any atom is -0.449 e. The van der Waals surface area contributed by atoms with Crippen LogP contribution in [0, 0.1) is 24.0 Å². The number of thioether (sulfide) groups is 1. The van der Waals surface area contributed by atoms with E-state index in [0.29, 0.717) is 32.6 Å². The van der Waals surface area contributed by atoms with Crippen molar-refractivity contribution in [1.82, 2.24) is 0 Å². The Balaban J connectivity index is 1.67. The summed E-state index contributed by atoms with van der Waals surface area (Å²) >= 11 is 6.51. The highest BCUT2D eigenvalue weighted by Gasteiger charge is 2.35. The summed E-state index contributed by atoms with van der Waals surface area (Å²) in [7, 11) is 0. The molecule has 1 aliphatic rings. The van der Waals surface area contributed by atoms with Gasteiger partial charge in [-0.05, 0) is 61.4 Å². The molecule has 0 spiro atoms. The fourth-order valence-electron chi connectivity index (χ4n) is 3.43. The Kier molecular flexibility index (Phi) is 6.87. The lowest BCUT2D eigenvalue weighted by molar-refractivity contribution is -0.385. The minimum atomic E-state index is -4.74. The molecular weight excluding hydrogens is 513 g/mol. The predicted molar refractivity (Wildman–Crippen MR) is 136 cm³/mol. The summed E-state index contributed by atoms with van der Waals surface area (Å²) in [5.41, 5.74) is 1.11. The van der Waals surface area contributed by atoms with E-state index < -0.39 is 22.4 Å². The maximum Gasteiger partial charge on any atom is 0.416 e. The van der Waals surface area contributed by atoms with E-state index in [4.69, 9.17) is 17.0 Å². The zero-order chi connectivity index (χ0) is 26.2. The third-order valence-corrected chi connectivity index (χ3v) is 6.75. The normalized spacial score (nSPS) is 15.0. The Morgan fingerprint density at radius 3 is 2.42 bits per heavy atom. The number of ether oxygens (including phenoxy) is 1. The molecule has 0 radical (unpaired) electrons. The van der Waals surface area contributed by atoms with Crippen molar-refractivity contribution in [3.05, 3.63) is 97.9 Å².